The second-order valence-electron chi connectivity index (χ2n) is 19.6. The van der Waals surface area contributed by atoms with Crippen molar-refractivity contribution in [1.82, 2.24) is 0 Å². The lowest BCUT2D eigenvalue weighted by Gasteiger charge is -2.39. The van der Waals surface area contributed by atoms with Crippen LogP contribution in [0.5, 0.6) is 0 Å². The van der Waals surface area contributed by atoms with Crippen LogP contribution in [0.25, 0.3) is 11.1 Å². The zero-order valence-corrected chi connectivity index (χ0v) is 46.2. The zero-order chi connectivity index (χ0) is 53.1. The summed E-state index contributed by atoms with van der Waals surface area (Å²) < 4.78 is 1.98. The van der Waals surface area contributed by atoms with Crippen molar-refractivity contribution in [2.24, 2.45) is 0 Å². The first-order valence-electron chi connectivity index (χ1n) is 26.5. The molecule has 1 aliphatic carbocycles. The smallest absolute Gasteiger partial charge is 0.0717 e. The first kappa shape index (κ1) is 49.4. The topological polar surface area (TPSA) is 13.0 Å². The molecular formula is C73H52Br2N4. The lowest BCUT2D eigenvalue weighted by molar-refractivity contribution is 0.767. The maximum absolute atomic E-state index is 4.07. The van der Waals surface area contributed by atoms with Crippen molar-refractivity contribution in [3.8, 4) is 11.1 Å². The molecule has 0 fully saturated rings. The van der Waals surface area contributed by atoms with Crippen LogP contribution in [0.1, 0.15) is 22.3 Å². The predicted octanol–water partition coefficient (Wildman–Crippen LogP) is 21.5. The number of anilines is 12. The van der Waals surface area contributed by atoms with Gasteiger partial charge in [0.05, 0.1) is 5.41 Å². The van der Waals surface area contributed by atoms with Gasteiger partial charge in [-0.3, -0.25) is 0 Å². The van der Waals surface area contributed by atoms with E-state index in [4.69, 9.17) is 0 Å². The maximum Gasteiger partial charge on any atom is 0.0717 e. The molecule has 0 saturated heterocycles. The molecule has 0 heterocycles. The molecule has 0 spiro atoms. The van der Waals surface area contributed by atoms with E-state index < -0.39 is 5.41 Å². The Labute approximate surface area is 479 Å². The van der Waals surface area contributed by atoms with Crippen molar-refractivity contribution >= 4 is 100 Å². The minimum atomic E-state index is -0.968. The van der Waals surface area contributed by atoms with Gasteiger partial charge < -0.3 is 19.6 Å². The van der Waals surface area contributed by atoms with Gasteiger partial charge in [0.1, 0.15) is 0 Å². The van der Waals surface area contributed by atoms with Crippen LogP contribution in [0.3, 0.4) is 0 Å². The summed E-state index contributed by atoms with van der Waals surface area (Å²) in [5.41, 5.74) is 18.2. The van der Waals surface area contributed by atoms with E-state index in [1.807, 2.05) is 0 Å². The van der Waals surface area contributed by atoms with E-state index in [0.29, 0.717) is 0 Å². The van der Waals surface area contributed by atoms with Gasteiger partial charge >= 0.3 is 0 Å². The molecule has 0 unspecified atom stereocenters. The molecule has 1 aliphatic rings. The summed E-state index contributed by atoms with van der Waals surface area (Å²) >= 11 is 8.15. The first-order valence-corrected chi connectivity index (χ1v) is 28.1. The molecule has 0 aromatic heterocycles. The molecule has 0 N–H and O–H groups in total. The van der Waals surface area contributed by atoms with E-state index in [2.05, 4.69) is 367 Å². The molecule has 0 saturated carbocycles. The Morgan fingerprint density at radius 1 is 0.203 bits per heavy atom. The number of hydrogen-bond donors (Lipinski definition) is 0. The van der Waals surface area contributed by atoms with E-state index in [1.54, 1.807) is 0 Å². The van der Waals surface area contributed by atoms with Crippen molar-refractivity contribution in [2.45, 2.75) is 5.41 Å². The van der Waals surface area contributed by atoms with Crippen LogP contribution >= 0.6 is 31.9 Å². The quantitative estimate of drug-likeness (QED) is 0.108. The number of rotatable bonds is 14. The van der Waals surface area contributed by atoms with Gasteiger partial charge in [-0.05, 0) is 191 Å². The third-order valence-electron chi connectivity index (χ3n) is 14.9. The lowest BCUT2D eigenvalue weighted by Crippen LogP contribution is -2.30. The molecule has 0 bridgehead atoms. The molecule has 12 aromatic rings. The third kappa shape index (κ3) is 9.39. The van der Waals surface area contributed by atoms with E-state index in [1.165, 1.54) is 11.1 Å². The van der Waals surface area contributed by atoms with Crippen molar-refractivity contribution in [1.29, 1.82) is 0 Å². The van der Waals surface area contributed by atoms with Crippen LogP contribution in [-0.2, 0) is 5.41 Å². The molecule has 0 amide bonds. The molecule has 6 heteroatoms. The SMILES string of the molecule is Brc1ccc2c(c1)C(c1cc(N(c3ccccc3)c3ccccc3)cc(N(c3ccccc3)c3ccccc3)c1)(c1cc(N(c3ccccc3)c3ccccc3)cc(N(c3ccccc3)c3ccccc3)c1)c1cc(Br)ccc1-2. The van der Waals surface area contributed by atoms with Crippen LogP contribution in [0.4, 0.5) is 68.2 Å². The Balaban J connectivity index is 1.21. The van der Waals surface area contributed by atoms with Gasteiger partial charge in [-0.25, -0.2) is 0 Å². The molecule has 12 aromatic carbocycles. The molecule has 79 heavy (non-hydrogen) atoms. The highest BCUT2D eigenvalue weighted by Crippen LogP contribution is 2.60. The van der Waals surface area contributed by atoms with Crippen molar-refractivity contribution in [2.75, 3.05) is 19.6 Å². The molecular weight excluding hydrogens is 1090 g/mol. The lowest BCUT2D eigenvalue weighted by atomic mass is 9.67. The van der Waals surface area contributed by atoms with Crippen LogP contribution < -0.4 is 19.6 Å². The van der Waals surface area contributed by atoms with Crippen LogP contribution in [-0.4, -0.2) is 0 Å². The van der Waals surface area contributed by atoms with Crippen LogP contribution in [0.15, 0.2) is 324 Å². The average molecular weight is 1150 g/mol. The average Bonchev–Trinajstić information content (AvgIpc) is 3.36. The summed E-state index contributed by atoms with van der Waals surface area (Å²) in [6, 6.07) is 114. The predicted molar refractivity (Wildman–Crippen MR) is 338 cm³/mol. The summed E-state index contributed by atoms with van der Waals surface area (Å²) in [5, 5.41) is 0. The van der Waals surface area contributed by atoms with Crippen molar-refractivity contribution in [3.05, 3.63) is 347 Å². The number of fused-ring (bicyclic) bond motifs is 3. The van der Waals surface area contributed by atoms with Crippen molar-refractivity contribution < 1.29 is 0 Å². The minimum Gasteiger partial charge on any atom is -0.310 e. The minimum absolute atomic E-state index is 0.968. The monoisotopic (exact) mass is 1140 g/mol. The second kappa shape index (κ2) is 21.7. The molecule has 378 valence electrons. The van der Waals surface area contributed by atoms with Gasteiger partial charge in [0.2, 0.25) is 0 Å². The Morgan fingerprint density at radius 3 is 0.608 bits per heavy atom. The number of nitrogens with zero attached hydrogens (tertiary/aromatic N) is 4. The van der Waals surface area contributed by atoms with Gasteiger partial charge in [0.15, 0.2) is 0 Å². The van der Waals surface area contributed by atoms with E-state index in [9.17, 15) is 0 Å². The van der Waals surface area contributed by atoms with E-state index >= 15 is 0 Å². The van der Waals surface area contributed by atoms with Gasteiger partial charge in [0, 0.05) is 77.2 Å². The van der Waals surface area contributed by atoms with Gasteiger partial charge in [0.25, 0.3) is 0 Å². The summed E-state index contributed by atoms with van der Waals surface area (Å²) in [7, 11) is 0. The Bertz CT molecular complexity index is 3410. The number of halogens is 2. The van der Waals surface area contributed by atoms with Gasteiger partial charge in [-0.1, -0.05) is 190 Å². The number of para-hydroxylation sites is 8. The molecule has 0 radical (unpaired) electrons. The molecule has 4 nitrogen and oxygen atoms in total. The summed E-state index contributed by atoms with van der Waals surface area (Å²) in [5.74, 6) is 0. The van der Waals surface area contributed by atoms with Crippen LogP contribution in [0.2, 0.25) is 0 Å². The zero-order valence-electron chi connectivity index (χ0n) is 43.1. The van der Waals surface area contributed by atoms with Crippen LogP contribution in [0, 0.1) is 0 Å². The first-order chi connectivity index (χ1) is 39.0. The standard InChI is InChI=1S/C73H52Br2N4/c74-55-41-43-69-70-44-42-56(75)50-72(70)73(71(69)49-55,53-45-65(76(57-25-9-1-10-26-57)58-27-11-2-12-28-58)51-66(46-53)77(59-29-13-3-14-30-59)60-31-15-4-16-32-60)54-47-67(78(61-33-17-5-18-34-61)62-35-19-6-20-36-62)52-68(48-54)79(63-37-21-7-22-38-63)64-39-23-8-24-40-64/h1-52H. The fraction of sp³-hybridized carbons (Fsp3) is 0.0137. The summed E-state index contributed by atoms with van der Waals surface area (Å²) in [6.07, 6.45) is 0. The van der Waals surface area contributed by atoms with Crippen molar-refractivity contribution in [3.63, 3.8) is 0 Å². The number of hydrogen-bond acceptors (Lipinski definition) is 4. The fourth-order valence-corrected chi connectivity index (χ4v) is 12.3. The highest BCUT2D eigenvalue weighted by Gasteiger charge is 2.48. The molecule has 13 rings (SSSR count). The third-order valence-corrected chi connectivity index (χ3v) is 15.9. The fourth-order valence-electron chi connectivity index (χ4n) is 11.6. The van der Waals surface area contributed by atoms with Gasteiger partial charge in [-0.2, -0.15) is 0 Å². The Kier molecular flexibility index (Phi) is 13.5. The largest absolute Gasteiger partial charge is 0.310 e. The van der Waals surface area contributed by atoms with E-state index in [-0.39, 0.29) is 0 Å². The highest BCUT2D eigenvalue weighted by atomic mass is 79.9. The summed E-state index contributed by atoms with van der Waals surface area (Å²) in [6.45, 7) is 0. The maximum atomic E-state index is 4.07. The summed E-state index contributed by atoms with van der Waals surface area (Å²) in [4.78, 5) is 9.59. The van der Waals surface area contributed by atoms with Gasteiger partial charge in [-0.15, -0.1) is 0 Å². The molecule has 0 atom stereocenters. The number of benzene rings is 12. The Morgan fingerprint density at radius 2 is 0.405 bits per heavy atom. The Hall–Kier alpha value is -9.20. The molecule has 0 aliphatic heterocycles. The second-order valence-corrected chi connectivity index (χ2v) is 21.5. The normalized spacial score (nSPS) is 12.0. The van der Waals surface area contributed by atoms with E-state index in [0.717, 1.165) is 99.4 Å². The highest BCUT2D eigenvalue weighted by molar-refractivity contribution is 9.10.